The van der Waals surface area contributed by atoms with Gasteiger partial charge in [0.1, 0.15) is 0 Å². The van der Waals surface area contributed by atoms with Gasteiger partial charge in [-0.05, 0) is 26.0 Å². The van der Waals surface area contributed by atoms with Crippen molar-refractivity contribution in [3.8, 4) is 0 Å². The van der Waals surface area contributed by atoms with Gasteiger partial charge < -0.3 is 21.7 Å². The summed E-state index contributed by atoms with van der Waals surface area (Å²) in [5, 5.41) is 15.2. The van der Waals surface area contributed by atoms with Gasteiger partial charge in [0.15, 0.2) is 0 Å². The molecule has 6 heteroatoms. The van der Waals surface area contributed by atoms with E-state index in [1.807, 2.05) is 13.8 Å². The fourth-order valence-corrected chi connectivity index (χ4v) is 0. The second kappa shape index (κ2) is 43.7. The molecule has 0 bridgehead atoms. The predicted octanol–water partition coefficient (Wildman–Crippen LogP) is 0.671. The Morgan fingerprint density at radius 2 is 0.950 bits per heavy atom. The Morgan fingerprint density at radius 3 is 0.950 bits per heavy atom. The number of allylic oxidation sites excluding steroid dienone is 2. The zero-order valence-electron chi connectivity index (χ0n) is 12.4. The number of aliphatic hydroxyl groups excluding tert-OH is 2. The van der Waals surface area contributed by atoms with E-state index in [0.29, 0.717) is 0 Å². The third kappa shape index (κ3) is 437. The Hall–Kier alpha value is -2.18. The van der Waals surface area contributed by atoms with Crippen LogP contribution in [0.3, 0.4) is 0 Å². The molecule has 0 atom stereocenters. The smallest absolute Gasteiger partial charge is 0.240 e. The summed E-state index contributed by atoms with van der Waals surface area (Å²) >= 11 is 0. The first kappa shape index (κ1) is 30.7. The highest BCUT2D eigenvalue weighted by atomic mass is 16.3. The number of primary amides is 2. The van der Waals surface area contributed by atoms with Crippen molar-refractivity contribution < 1.29 is 19.8 Å². The molecule has 20 heavy (non-hydrogen) atoms. The molecule has 0 unspecified atom stereocenters. The lowest BCUT2D eigenvalue weighted by Gasteiger charge is -1.70. The molecule has 0 aromatic heterocycles. The topological polar surface area (TPSA) is 127 Å². The Bertz CT molecular complexity index is 226. The van der Waals surface area contributed by atoms with E-state index in [1.54, 1.807) is 12.2 Å². The molecule has 0 aliphatic rings. The first-order chi connectivity index (χ1) is 9.28. The highest BCUT2D eigenvalue weighted by Gasteiger charge is 1.70. The van der Waals surface area contributed by atoms with Crippen LogP contribution in [0.1, 0.15) is 13.8 Å². The van der Waals surface area contributed by atoms with Gasteiger partial charge in [-0.1, -0.05) is 25.3 Å². The summed E-state index contributed by atoms with van der Waals surface area (Å²) < 4.78 is 0. The fourth-order valence-electron chi connectivity index (χ4n) is 0. The number of nitrogens with two attached hydrogens (primary N) is 2. The second-order valence-electron chi connectivity index (χ2n) is 2.48. The Labute approximate surface area is 121 Å². The fraction of sp³-hybridized carbons (Fsp3) is 0.286. The third-order valence-electron chi connectivity index (χ3n) is 0.502. The molecule has 0 heterocycles. The minimum atomic E-state index is -0.481. The monoisotopic (exact) mass is 288 g/mol. The summed E-state index contributed by atoms with van der Waals surface area (Å²) in [5.41, 5.74) is 9.07. The molecule has 0 radical (unpaired) electrons. The van der Waals surface area contributed by atoms with Crippen LogP contribution in [0.2, 0.25) is 0 Å². The van der Waals surface area contributed by atoms with Gasteiger partial charge in [0, 0.05) is 0 Å². The van der Waals surface area contributed by atoms with E-state index in [-0.39, 0.29) is 13.2 Å². The lowest BCUT2D eigenvalue weighted by Crippen LogP contribution is -2.04. The molecule has 0 aromatic rings. The van der Waals surface area contributed by atoms with E-state index >= 15 is 0 Å². The molecule has 118 valence electrons. The SMILES string of the molecule is C=CC.C=CC.C=CC(N)=O.C=CC(N)=O.OCCO. The average molecular weight is 288 g/mol. The van der Waals surface area contributed by atoms with Crippen LogP contribution in [-0.2, 0) is 9.59 Å². The molecule has 6 N–H and O–H groups in total. The van der Waals surface area contributed by atoms with Crippen LogP contribution in [0.25, 0.3) is 0 Å². The molecule has 0 aliphatic heterocycles. The van der Waals surface area contributed by atoms with Gasteiger partial charge in [-0.15, -0.1) is 13.2 Å². The Morgan fingerprint density at radius 1 is 0.850 bits per heavy atom. The van der Waals surface area contributed by atoms with Crippen molar-refractivity contribution in [3.63, 3.8) is 0 Å². The molecule has 0 fully saturated rings. The summed E-state index contributed by atoms with van der Waals surface area (Å²) in [4.78, 5) is 18.9. The molecule has 0 aliphatic carbocycles. The first-order valence-corrected chi connectivity index (χ1v) is 5.48. The number of carbonyl (C=O) groups is 2. The van der Waals surface area contributed by atoms with Gasteiger partial charge in [-0.25, -0.2) is 0 Å². The van der Waals surface area contributed by atoms with Crippen LogP contribution >= 0.6 is 0 Å². The largest absolute Gasteiger partial charge is 0.394 e. The van der Waals surface area contributed by atoms with Crippen LogP contribution in [-0.4, -0.2) is 35.2 Å². The summed E-state index contributed by atoms with van der Waals surface area (Å²) in [7, 11) is 0. The number of hydrogen-bond acceptors (Lipinski definition) is 4. The number of aliphatic hydroxyl groups is 2. The number of hydrogen-bond donors (Lipinski definition) is 4. The molecule has 6 nitrogen and oxygen atoms in total. The van der Waals surface area contributed by atoms with Gasteiger partial charge >= 0.3 is 0 Å². The standard InChI is InChI=1S/2C3H5NO.2C3H6.C2H6O2/c2*1-2-3(4)5;2*1-3-2;3-1-2-4/h2*2H,1H2,(H2,4,5);2*3H,1H2,2H3;3-4H,1-2H2. The summed E-state index contributed by atoms with van der Waals surface area (Å²) in [5.74, 6) is -0.963. The summed E-state index contributed by atoms with van der Waals surface area (Å²) in [6.45, 7) is 16.4. The van der Waals surface area contributed by atoms with E-state index in [1.165, 1.54) is 0 Å². The number of rotatable bonds is 3. The van der Waals surface area contributed by atoms with E-state index < -0.39 is 11.8 Å². The van der Waals surface area contributed by atoms with Crippen LogP contribution in [0.15, 0.2) is 50.6 Å². The van der Waals surface area contributed by atoms with E-state index in [4.69, 9.17) is 10.2 Å². The van der Waals surface area contributed by atoms with Crippen LogP contribution in [0, 0.1) is 0 Å². The minimum absolute atomic E-state index is 0.125. The summed E-state index contributed by atoms with van der Waals surface area (Å²) in [6, 6.07) is 0. The van der Waals surface area contributed by atoms with E-state index in [2.05, 4.69) is 37.8 Å². The predicted molar refractivity (Wildman–Crippen MR) is 84.7 cm³/mol. The average Bonchev–Trinajstić information content (AvgIpc) is 2.41. The summed E-state index contributed by atoms with van der Waals surface area (Å²) in [6.07, 6.45) is 5.61. The lowest BCUT2D eigenvalue weighted by molar-refractivity contribution is -0.114. The van der Waals surface area contributed by atoms with Gasteiger partial charge in [-0.2, -0.15) is 0 Å². The highest BCUT2D eigenvalue weighted by Crippen LogP contribution is 1.49. The molecule has 0 spiro atoms. The third-order valence-corrected chi connectivity index (χ3v) is 0.502. The van der Waals surface area contributed by atoms with Crippen molar-refractivity contribution in [2.75, 3.05) is 13.2 Å². The van der Waals surface area contributed by atoms with Gasteiger partial charge in [0.05, 0.1) is 13.2 Å². The quantitative estimate of drug-likeness (QED) is 0.449. The molecule has 0 aromatic carbocycles. The second-order valence-corrected chi connectivity index (χ2v) is 2.48. The van der Waals surface area contributed by atoms with Crippen molar-refractivity contribution in [1.29, 1.82) is 0 Å². The molecular weight excluding hydrogens is 260 g/mol. The van der Waals surface area contributed by atoms with Crippen LogP contribution < -0.4 is 11.5 Å². The molecular formula is C14H28N2O4. The van der Waals surface area contributed by atoms with Crippen molar-refractivity contribution >= 4 is 11.8 Å². The van der Waals surface area contributed by atoms with Crippen molar-refractivity contribution in [2.24, 2.45) is 11.5 Å². The number of amides is 2. The molecule has 0 rings (SSSR count). The molecule has 0 saturated carbocycles. The first-order valence-electron chi connectivity index (χ1n) is 5.48. The maximum absolute atomic E-state index is 9.47. The van der Waals surface area contributed by atoms with Gasteiger partial charge in [0.25, 0.3) is 0 Å². The van der Waals surface area contributed by atoms with Crippen LogP contribution in [0.4, 0.5) is 0 Å². The minimum Gasteiger partial charge on any atom is -0.394 e. The Kier molecular flexibility index (Phi) is 67.0. The van der Waals surface area contributed by atoms with Gasteiger partial charge in [-0.3, -0.25) is 9.59 Å². The zero-order chi connectivity index (χ0) is 17.4. The normalized spacial score (nSPS) is 6.00. The van der Waals surface area contributed by atoms with E-state index in [9.17, 15) is 9.59 Å². The van der Waals surface area contributed by atoms with E-state index in [0.717, 1.165) is 12.2 Å². The maximum Gasteiger partial charge on any atom is 0.240 e. The van der Waals surface area contributed by atoms with Crippen molar-refractivity contribution in [1.82, 2.24) is 0 Å². The molecule has 2 amide bonds. The molecule has 0 saturated heterocycles. The zero-order valence-corrected chi connectivity index (χ0v) is 12.4. The van der Waals surface area contributed by atoms with Crippen molar-refractivity contribution in [3.05, 3.63) is 50.6 Å². The maximum atomic E-state index is 9.47. The lowest BCUT2D eigenvalue weighted by atomic mass is 10.6. The number of carbonyl (C=O) groups excluding carboxylic acids is 2. The van der Waals surface area contributed by atoms with Crippen LogP contribution in [0.5, 0.6) is 0 Å². The highest BCUT2D eigenvalue weighted by molar-refractivity contribution is 5.85. The van der Waals surface area contributed by atoms with Gasteiger partial charge in [0.2, 0.25) is 11.8 Å². The van der Waals surface area contributed by atoms with Crippen molar-refractivity contribution in [2.45, 2.75) is 13.8 Å². The Balaban J connectivity index is -0.0000000478.